The van der Waals surface area contributed by atoms with Crippen LogP contribution < -0.4 is 5.32 Å². The number of ether oxygens (including phenoxy) is 1. The fraction of sp³-hybridized carbons (Fsp3) is 0.238. The van der Waals surface area contributed by atoms with Crippen molar-refractivity contribution in [1.82, 2.24) is 0 Å². The minimum atomic E-state index is -0.455. The third-order valence-corrected chi connectivity index (χ3v) is 5.58. The molecule has 3 rings (SSSR count). The average molecular weight is 418 g/mol. The Balaban J connectivity index is 1.86. The van der Waals surface area contributed by atoms with Crippen molar-refractivity contribution in [3.63, 3.8) is 0 Å². The molecular formula is C21H20ClNO4S. The van der Waals surface area contributed by atoms with Gasteiger partial charge in [0.05, 0.1) is 16.7 Å². The van der Waals surface area contributed by atoms with Crippen LogP contribution in [0, 0.1) is 13.8 Å². The number of anilines is 1. The molecule has 0 unspecified atom stereocenters. The monoisotopic (exact) mass is 417 g/mol. The van der Waals surface area contributed by atoms with Crippen LogP contribution in [0.4, 0.5) is 5.00 Å². The maximum absolute atomic E-state index is 12.7. The van der Waals surface area contributed by atoms with Gasteiger partial charge in [-0.3, -0.25) is 4.79 Å². The Morgan fingerprint density at radius 2 is 1.86 bits per heavy atom. The van der Waals surface area contributed by atoms with E-state index in [9.17, 15) is 9.59 Å². The lowest BCUT2D eigenvalue weighted by Crippen LogP contribution is -2.16. The molecule has 0 saturated heterocycles. The van der Waals surface area contributed by atoms with Crippen LogP contribution in [0.5, 0.6) is 0 Å². The summed E-state index contributed by atoms with van der Waals surface area (Å²) in [6, 6.07) is 10.5. The molecule has 1 N–H and O–H groups in total. The van der Waals surface area contributed by atoms with Crippen molar-refractivity contribution in [2.45, 2.75) is 33.8 Å². The molecule has 0 spiro atoms. The van der Waals surface area contributed by atoms with E-state index < -0.39 is 11.9 Å². The van der Waals surface area contributed by atoms with E-state index in [1.54, 1.807) is 32.0 Å². The molecule has 5 nitrogen and oxygen atoms in total. The third kappa shape index (κ3) is 4.13. The number of esters is 1. The zero-order valence-corrected chi connectivity index (χ0v) is 17.5. The summed E-state index contributed by atoms with van der Waals surface area (Å²) in [5, 5.41) is 3.75. The van der Waals surface area contributed by atoms with Gasteiger partial charge in [-0.1, -0.05) is 23.7 Å². The Morgan fingerprint density at radius 1 is 1.14 bits per heavy atom. The van der Waals surface area contributed by atoms with Gasteiger partial charge in [0, 0.05) is 10.4 Å². The Morgan fingerprint density at radius 3 is 2.54 bits per heavy atom. The number of rotatable bonds is 5. The number of benzene rings is 1. The van der Waals surface area contributed by atoms with Gasteiger partial charge in [-0.05, 0) is 57.5 Å². The highest BCUT2D eigenvalue weighted by Gasteiger charge is 2.24. The highest BCUT2D eigenvalue weighted by Crippen LogP contribution is 2.34. The summed E-state index contributed by atoms with van der Waals surface area (Å²) >= 11 is 7.51. The smallest absolute Gasteiger partial charge is 0.341 e. The Labute approximate surface area is 172 Å². The number of nitrogens with one attached hydrogen (secondary N) is 1. The van der Waals surface area contributed by atoms with E-state index in [1.165, 1.54) is 11.3 Å². The Kier molecular flexibility index (Phi) is 5.91. The Bertz CT molecular complexity index is 1030. The molecule has 1 amide bonds. The number of hydrogen-bond donors (Lipinski definition) is 1. The third-order valence-electron chi connectivity index (χ3n) is 4.13. The van der Waals surface area contributed by atoms with Crippen molar-refractivity contribution in [2.24, 2.45) is 0 Å². The van der Waals surface area contributed by atoms with Gasteiger partial charge in [-0.2, -0.15) is 0 Å². The molecule has 2 aromatic heterocycles. The van der Waals surface area contributed by atoms with E-state index in [4.69, 9.17) is 20.8 Å². The number of furan rings is 1. The molecule has 0 aliphatic rings. The van der Waals surface area contributed by atoms with Gasteiger partial charge in [0.25, 0.3) is 5.91 Å². The molecule has 1 aromatic carbocycles. The lowest BCUT2D eigenvalue weighted by Gasteiger charge is -2.10. The van der Waals surface area contributed by atoms with Gasteiger partial charge in [0.2, 0.25) is 0 Å². The van der Waals surface area contributed by atoms with E-state index >= 15 is 0 Å². The standard InChI is InChI=1S/C21H20ClNO4S/c1-11(2)26-21(25)18-12(3)13(4)28-20(18)23-19(24)17-10-9-16(27-17)14-7-5-6-8-15(14)22/h5-11H,1-4H3,(H,23,24). The van der Waals surface area contributed by atoms with E-state index in [2.05, 4.69) is 5.32 Å². The fourth-order valence-electron chi connectivity index (χ4n) is 2.66. The summed E-state index contributed by atoms with van der Waals surface area (Å²) in [7, 11) is 0. The van der Waals surface area contributed by atoms with Crippen LogP contribution in [0.2, 0.25) is 5.02 Å². The van der Waals surface area contributed by atoms with Crippen molar-refractivity contribution in [3.8, 4) is 11.3 Å². The molecule has 0 fully saturated rings. The number of thiophene rings is 1. The maximum Gasteiger partial charge on any atom is 0.341 e. The Hall–Kier alpha value is -2.57. The van der Waals surface area contributed by atoms with E-state index in [0.717, 1.165) is 10.4 Å². The first-order valence-electron chi connectivity index (χ1n) is 8.75. The summed E-state index contributed by atoms with van der Waals surface area (Å²) < 4.78 is 11.0. The van der Waals surface area contributed by atoms with Gasteiger partial charge < -0.3 is 14.5 Å². The van der Waals surface area contributed by atoms with Gasteiger partial charge >= 0.3 is 5.97 Å². The van der Waals surface area contributed by atoms with Crippen LogP contribution in [0.3, 0.4) is 0 Å². The number of hydrogen-bond acceptors (Lipinski definition) is 5. The highest BCUT2D eigenvalue weighted by molar-refractivity contribution is 7.16. The summed E-state index contributed by atoms with van der Waals surface area (Å²) in [5.74, 6) is -0.281. The minimum absolute atomic E-state index is 0.127. The first kappa shape index (κ1) is 20.2. The van der Waals surface area contributed by atoms with Crippen LogP contribution in [-0.4, -0.2) is 18.0 Å². The summed E-state index contributed by atoms with van der Waals surface area (Å²) in [4.78, 5) is 26.1. The number of carbonyl (C=O) groups excluding carboxylic acids is 2. The second kappa shape index (κ2) is 8.20. The molecule has 3 aromatic rings. The zero-order chi connectivity index (χ0) is 20.4. The summed E-state index contributed by atoms with van der Waals surface area (Å²) in [6.45, 7) is 7.29. The zero-order valence-electron chi connectivity index (χ0n) is 16.0. The molecule has 2 heterocycles. The van der Waals surface area contributed by atoms with Crippen LogP contribution in [0.1, 0.15) is 45.2 Å². The first-order valence-corrected chi connectivity index (χ1v) is 9.94. The van der Waals surface area contributed by atoms with Crippen molar-refractivity contribution < 1.29 is 18.7 Å². The van der Waals surface area contributed by atoms with Crippen LogP contribution in [0.15, 0.2) is 40.8 Å². The minimum Gasteiger partial charge on any atom is -0.459 e. The molecular weight excluding hydrogens is 398 g/mol. The molecule has 7 heteroatoms. The van der Waals surface area contributed by atoms with Crippen molar-refractivity contribution in [3.05, 3.63) is 63.2 Å². The largest absolute Gasteiger partial charge is 0.459 e. The average Bonchev–Trinajstić information content (AvgIpc) is 3.20. The molecule has 146 valence electrons. The molecule has 0 radical (unpaired) electrons. The molecule has 0 aliphatic heterocycles. The van der Waals surface area contributed by atoms with Crippen LogP contribution in [-0.2, 0) is 4.74 Å². The predicted octanol–water partition coefficient (Wildman–Crippen LogP) is 6.10. The van der Waals surface area contributed by atoms with Crippen molar-refractivity contribution in [1.29, 1.82) is 0 Å². The number of aryl methyl sites for hydroxylation is 1. The number of carbonyl (C=O) groups is 2. The quantitative estimate of drug-likeness (QED) is 0.509. The van der Waals surface area contributed by atoms with Gasteiger partial charge in [-0.25, -0.2) is 4.79 Å². The number of halogens is 1. The lowest BCUT2D eigenvalue weighted by atomic mass is 10.1. The van der Waals surface area contributed by atoms with E-state index in [1.807, 2.05) is 32.0 Å². The predicted molar refractivity (Wildman–Crippen MR) is 111 cm³/mol. The van der Waals surface area contributed by atoms with Crippen molar-refractivity contribution >= 4 is 39.8 Å². The SMILES string of the molecule is Cc1sc(NC(=O)c2ccc(-c3ccccc3Cl)o2)c(C(=O)OC(C)C)c1C. The topological polar surface area (TPSA) is 68.5 Å². The molecule has 0 atom stereocenters. The maximum atomic E-state index is 12.7. The van der Waals surface area contributed by atoms with Gasteiger partial charge in [-0.15, -0.1) is 11.3 Å². The molecule has 0 aliphatic carbocycles. The van der Waals surface area contributed by atoms with Gasteiger partial charge in [0.15, 0.2) is 5.76 Å². The number of amides is 1. The van der Waals surface area contributed by atoms with Crippen molar-refractivity contribution in [2.75, 3.05) is 5.32 Å². The summed E-state index contributed by atoms with van der Waals surface area (Å²) in [6.07, 6.45) is -0.251. The second-order valence-corrected chi connectivity index (χ2v) is 8.17. The second-order valence-electron chi connectivity index (χ2n) is 6.54. The highest BCUT2D eigenvalue weighted by atomic mass is 35.5. The van der Waals surface area contributed by atoms with E-state index in [0.29, 0.717) is 26.9 Å². The van der Waals surface area contributed by atoms with Gasteiger partial charge in [0.1, 0.15) is 10.8 Å². The molecule has 28 heavy (non-hydrogen) atoms. The molecule has 0 bridgehead atoms. The van der Waals surface area contributed by atoms with Crippen LogP contribution >= 0.6 is 22.9 Å². The first-order chi connectivity index (χ1) is 13.3. The lowest BCUT2D eigenvalue weighted by molar-refractivity contribution is 0.0379. The van der Waals surface area contributed by atoms with E-state index in [-0.39, 0.29) is 11.9 Å². The molecule has 0 saturated carbocycles. The normalized spacial score (nSPS) is 10.9. The van der Waals surface area contributed by atoms with Crippen LogP contribution in [0.25, 0.3) is 11.3 Å². The summed E-state index contributed by atoms with van der Waals surface area (Å²) in [5.41, 5.74) is 1.87. The fourth-order valence-corrected chi connectivity index (χ4v) is 3.94.